The van der Waals surface area contributed by atoms with Gasteiger partial charge in [0.1, 0.15) is 5.69 Å². The molecule has 1 atom stereocenters. The number of hydrogen-bond donors (Lipinski definition) is 2. The summed E-state index contributed by atoms with van der Waals surface area (Å²) >= 11 is 1.46. The van der Waals surface area contributed by atoms with Crippen molar-refractivity contribution >= 4 is 11.8 Å². The van der Waals surface area contributed by atoms with Crippen molar-refractivity contribution in [2.45, 2.75) is 11.2 Å². The molecule has 14 heavy (non-hydrogen) atoms. The summed E-state index contributed by atoms with van der Waals surface area (Å²) in [5.74, 6) is 0.584. The summed E-state index contributed by atoms with van der Waals surface area (Å²) in [4.78, 5) is 8.33. The largest absolute Gasteiger partial charge is 0.493 e. The molecule has 0 saturated carbocycles. The molecule has 78 valence electrons. The molecule has 0 amide bonds. The van der Waals surface area contributed by atoms with Crippen molar-refractivity contribution in [1.82, 2.24) is 9.97 Å². The van der Waals surface area contributed by atoms with Crippen molar-refractivity contribution in [3.8, 4) is 5.75 Å². The van der Waals surface area contributed by atoms with E-state index in [0.29, 0.717) is 23.1 Å². The van der Waals surface area contributed by atoms with Crippen LogP contribution in [0.5, 0.6) is 5.75 Å². The SMILES string of the molecule is COc1cnc(SC)nc1C(N)CN. The van der Waals surface area contributed by atoms with Gasteiger partial charge in [0.05, 0.1) is 19.3 Å². The Labute approximate surface area is 87.2 Å². The minimum Gasteiger partial charge on any atom is -0.493 e. The van der Waals surface area contributed by atoms with Crippen LogP contribution in [0, 0.1) is 0 Å². The van der Waals surface area contributed by atoms with Gasteiger partial charge in [0, 0.05) is 6.54 Å². The fourth-order valence-electron chi connectivity index (χ4n) is 1.000. The second-order valence-electron chi connectivity index (χ2n) is 2.65. The lowest BCUT2D eigenvalue weighted by Crippen LogP contribution is -2.23. The topological polar surface area (TPSA) is 87.0 Å². The summed E-state index contributed by atoms with van der Waals surface area (Å²) in [5, 5.41) is 0.671. The maximum atomic E-state index is 5.79. The summed E-state index contributed by atoms with van der Waals surface area (Å²) in [6.45, 7) is 0.335. The Balaban J connectivity index is 3.08. The van der Waals surface area contributed by atoms with Crippen LogP contribution in [-0.4, -0.2) is 29.9 Å². The molecule has 6 heteroatoms. The van der Waals surface area contributed by atoms with Gasteiger partial charge in [-0.1, -0.05) is 11.8 Å². The minimum atomic E-state index is -0.307. The van der Waals surface area contributed by atoms with Crippen LogP contribution < -0.4 is 16.2 Å². The molecule has 0 aliphatic rings. The van der Waals surface area contributed by atoms with Crippen LogP contribution >= 0.6 is 11.8 Å². The Morgan fingerprint density at radius 2 is 2.36 bits per heavy atom. The van der Waals surface area contributed by atoms with Gasteiger partial charge in [-0.05, 0) is 6.26 Å². The standard InChI is InChI=1S/C8H14N4OS/c1-13-6-4-11-8(14-2)12-7(6)5(10)3-9/h4-5H,3,9-10H2,1-2H3. The van der Waals surface area contributed by atoms with E-state index in [2.05, 4.69) is 9.97 Å². The number of nitrogens with two attached hydrogens (primary N) is 2. The second-order valence-corrected chi connectivity index (χ2v) is 3.43. The van der Waals surface area contributed by atoms with E-state index in [-0.39, 0.29) is 6.04 Å². The lowest BCUT2D eigenvalue weighted by Gasteiger charge is -2.12. The smallest absolute Gasteiger partial charge is 0.187 e. The van der Waals surface area contributed by atoms with Crippen LogP contribution in [0.4, 0.5) is 0 Å². The maximum Gasteiger partial charge on any atom is 0.187 e. The van der Waals surface area contributed by atoms with Crippen LogP contribution in [0.25, 0.3) is 0 Å². The number of nitrogens with zero attached hydrogens (tertiary/aromatic N) is 2. The monoisotopic (exact) mass is 214 g/mol. The van der Waals surface area contributed by atoms with E-state index in [9.17, 15) is 0 Å². The third kappa shape index (κ3) is 2.34. The molecule has 4 N–H and O–H groups in total. The second kappa shape index (κ2) is 5.14. The quantitative estimate of drug-likeness (QED) is 0.548. The van der Waals surface area contributed by atoms with E-state index < -0.39 is 0 Å². The number of hydrogen-bond acceptors (Lipinski definition) is 6. The van der Waals surface area contributed by atoms with Gasteiger partial charge in [0.15, 0.2) is 10.9 Å². The average molecular weight is 214 g/mol. The van der Waals surface area contributed by atoms with Crippen LogP contribution in [-0.2, 0) is 0 Å². The van der Waals surface area contributed by atoms with Gasteiger partial charge in [0.25, 0.3) is 0 Å². The number of aromatic nitrogens is 2. The molecule has 0 aliphatic heterocycles. The number of rotatable bonds is 4. The van der Waals surface area contributed by atoms with Gasteiger partial charge in [-0.15, -0.1) is 0 Å². The maximum absolute atomic E-state index is 5.79. The van der Waals surface area contributed by atoms with Gasteiger partial charge in [0.2, 0.25) is 0 Å². The van der Waals surface area contributed by atoms with E-state index in [1.165, 1.54) is 11.8 Å². The zero-order valence-electron chi connectivity index (χ0n) is 8.23. The lowest BCUT2D eigenvalue weighted by atomic mass is 10.2. The van der Waals surface area contributed by atoms with Crippen LogP contribution in [0.1, 0.15) is 11.7 Å². The van der Waals surface area contributed by atoms with Crippen molar-refractivity contribution in [3.63, 3.8) is 0 Å². The summed E-state index contributed by atoms with van der Waals surface area (Å²) in [7, 11) is 1.56. The number of methoxy groups -OCH3 is 1. The summed E-state index contributed by atoms with van der Waals surface area (Å²) < 4.78 is 5.10. The molecule has 0 saturated heterocycles. The molecular weight excluding hydrogens is 200 g/mol. The highest BCUT2D eigenvalue weighted by Gasteiger charge is 2.13. The van der Waals surface area contributed by atoms with Gasteiger partial charge in [-0.3, -0.25) is 0 Å². The van der Waals surface area contributed by atoms with Gasteiger partial charge < -0.3 is 16.2 Å². The Morgan fingerprint density at radius 1 is 1.64 bits per heavy atom. The van der Waals surface area contributed by atoms with Gasteiger partial charge >= 0.3 is 0 Å². The molecule has 0 spiro atoms. The molecule has 1 aromatic heterocycles. The van der Waals surface area contributed by atoms with E-state index in [4.69, 9.17) is 16.2 Å². The first kappa shape index (κ1) is 11.2. The molecule has 1 rings (SSSR count). The third-order valence-corrected chi connectivity index (χ3v) is 2.33. The molecule has 0 radical (unpaired) electrons. The zero-order chi connectivity index (χ0) is 10.6. The lowest BCUT2D eigenvalue weighted by molar-refractivity contribution is 0.397. The summed E-state index contributed by atoms with van der Waals surface area (Å²) in [6.07, 6.45) is 3.52. The van der Waals surface area contributed by atoms with E-state index in [1.807, 2.05) is 6.26 Å². The predicted octanol–water partition coefficient (Wildman–Crippen LogP) is 0.166. The zero-order valence-corrected chi connectivity index (χ0v) is 9.04. The number of ether oxygens (including phenoxy) is 1. The highest BCUT2D eigenvalue weighted by molar-refractivity contribution is 7.98. The van der Waals surface area contributed by atoms with E-state index in [1.54, 1.807) is 13.3 Å². The first-order valence-corrected chi connectivity index (χ1v) is 5.36. The molecule has 1 unspecified atom stereocenters. The van der Waals surface area contributed by atoms with E-state index >= 15 is 0 Å². The normalized spacial score (nSPS) is 12.6. The fraction of sp³-hybridized carbons (Fsp3) is 0.500. The van der Waals surface area contributed by atoms with Crippen molar-refractivity contribution in [1.29, 1.82) is 0 Å². The highest BCUT2D eigenvalue weighted by Crippen LogP contribution is 2.22. The van der Waals surface area contributed by atoms with Crippen molar-refractivity contribution in [2.24, 2.45) is 11.5 Å². The first-order chi connectivity index (χ1) is 6.72. The van der Waals surface area contributed by atoms with E-state index in [0.717, 1.165) is 0 Å². The number of thioether (sulfide) groups is 1. The molecule has 0 aliphatic carbocycles. The molecule has 5 nitrogen and oxygen atoms in total. The summed E-state index contributed by atoms with van der Waals surface area (Å²) in [6, 6.07) is -0.307. The predicted molar refractivity (Wildman–Crippen MR) is 56.3 cm³/mol. The molecule has 0 aromatic carbocycles. The van der Waals surface area contributed by atoms with Gasteiger partial charge in [-0.2, -0.15) is 0 Å². The van der Waals surface area contributed by atoms with Crippen LogP contribution in [0.15, 0.2) is 11.4 Å². The first-order valence-electron chi connectivity index (χ1n) is 4.13. The Bertz CT molecular complexity index is 307. The summed E-state index contributed by atoms with van der Waals surface area (Å²) in [5.41, 5.74) is 11.9. The molecule has 0 bridgehead atoms. The van der Waals surface area contributed by atoms with Crippen molar-refractivity contribution in [3.05, 3.63) is 11.9 Å². The van der Waals surface area contributed by atoms with Gasteiger partial charge in [-0.25, -0.2) is 9.97 Å². The van der Waals surface area contributed by atoms with Crippen LogP contribution in [0.2, 0.25) is 0 Å². The Morgan fingerprint density at radius 3 is 2.86 bits per heavy atom. The Kier molecular flexibility index (Phi) is 4.12. The van der Waals surface area contributed by atoms with Crippen LogP contribution in [0.3, 0.4) is 0 Å². The molecular formula is C8H14N4OS. The Hall–Kier alpha value is -0.850. The molecule has 1 heterocycles. The third-order valence-electron chi connectivity index (χ3n) is 1.77. The molecule has 0 fully saturated rings. The van der Waals surface area contributed by atoms with Crippen molar-refractivity contribution in [2.75, 3.05) is 19.9 Å². The fourth-order valence-corrected chi connectivity index (χ4v) is 1.35. The highest BCUT2D eigenvalue weighted by atomic mass is 32.2. The molecule has 1 aromatic rings. The minimum absolute atomic E-state index is 0.307. The average Bonchev–Trinajstić information content (AvgIpc) is 2.27. The van der Waals surface area contributed by atoms with Crippen molar-refractivity contribution < 1.29 is 4.74 Å².